The van der Waals surface area contributed by atoms with Gasteiger partial charge in [-0.15, -0.1) is 0 Å². The third kappa shape index (κ3) is 7.40. The molecule has 2 aromatic carbocycles. The molecule has 9 heteroatoms. The SMILES string of the molecule is COCCC(=O)Nc1ccc(-c2ccnc([As]c3ccc(N4CCN(C(=O)C(C)C)CC4)cc3)n2)cc1. The molecule has 1 aliphatic heterocycles. The van der Waals surface area contributed by atoms with Crippen molar-refractivity contribution in [1.82, 2.24) is 14.9 Å². The average molecular weight is 563 g/mol. The van der Waals surface area contributed by atoms with Crippen molar-refractivity contribution in [3.8, 4) is 11.3 Å². The van der Waals surface area contributed by atoms with Gasteiger partial charge in [-0.05, 0) is 0 Å². The standard InChI is InChI=1S/C28H33AsN5O3/c1-20(2)27(36)34-17-15-33(16-18-34)24-10-6-22(7-11-24)29-28-30-14-12-25(32-28)21-4-8-23(9-5-21)31-26(35)13-19-37-3/h4-12,14,20H,13,15-19H2,1-3H3,(H,31,35). The first kappa shape index (κ1) is 26.8. The molecule has 0 saturated carbocycles. The van der Waals surface area contributed by atoms with Gasteiger partial charge >= 0.3 is 218 Å². The fraction of sp³-hybridized carbons (Fsp3) is 0.357. The van der Waals surface area contributed by atoms with E-state index >= 15 is 0 Å². The van der Waals surface area contributed by atoms with Crippen LogP contribution in [-0.2, 0) is 14.3 Å². The Balaban J connectivity index is 1.34. The Morgan fingerprint density at radius 2 is 1.70 bits per heavy atom. The van der Waals surface area contributed by atoms with E-state index in [1.165, 1.54) is 10.0 Å². The summed E-state index contributed by atoms with van der Waals surface area (Å²) in [5, 5.41) is 2.87. The minimum atomic E-state index is -0.351. The van der Waals surface area contributed by atoms with Crippen LogP contribution in [0.5, 0.6) is 0 Å². The van der Waals surface area contributed by atoms with Crippen LogP contribution in [-0.4, -0.2) is 82.3 Å². The Morgan fingerprint density at radius 3 is 2.35 bits per heavy atom. The van der Waals surface area contributed by atoms with Gasteiger partial charge in [0.25, 0.3) is 0 Å². The Morgan fingerprint density at radius 1 is 1.00 bits per heavy atom. The number of benzene rings is 2. The fourth-order valence-corrected chi connectivity index (χ4v) is 5.81. The Labute approximate surface area is 225 Å². The molecule has 2 heterocycles. The van der Waals surface area contributed by atoms with Crippen molar-refractivity contribution >= 4 is 47.9 Å². The predicted octanol–water partition coefficient (Wildman–Crippen LogP) is 2.08. The molecule has 4 rings (SSSR count). The topological polar surface area (TPSA) is 87.7 Å². The summed E-state index contributed by atoms with van der Waals surface area (Å²) in [5.41, 5.74) is 3.78. The minimum absolute atomic E-state index is 0.0492. The molecular weight excluding hydrogens is 529 g/mol. The van der Waals surface area contributed by atoms with Crippen LogP contribution in [0.3, 0.4) is 0 Å². The molecule has 0 aliphatic carbocycles. The monoisotopic (exact) mass is 562 g/mol. The zero-order valence-corrected chi connectivity index (χ0v) is 23.4. The molecule has 37 heavy (non-hydrogen) atoms. The number of carbonyl (C=O) groups excluding carboxylic acids is 2. The second-order valence-corrected chi connectivity index (χ2v) is 11.6. The molecule has 0 bridgehead atoms. The van der Waals surface area contributed by atoms with Gasteiger partial charge in [0, 0.05) is 7.11 Å². The van der Waals surface area contributed by atoms with Gasteiger partial charge in [0.2, 0.25) is 0 Å². The van der Waals surface area contributed by atoms with Gasteiger partial charge in [0.05, 0.1) is 0 Å². The number of ether oxygens (including phenoxy) is 1. The first-order valence-corrected chi connectivity index (χ1v) is 14.4. The van der Waals surface area contributed by atoms with Crippen molar-refractivity contribution in [3.05, 3.63) is 60.8 Å². The van der Waals surface area contributed by atoms with Crippen molar-refractivity contribution in [2.45, 2.75) is 20.3 Å². The number of nitrogens with one attached hydrogen (secondary N) is 1. The molecule has 1 saturated heterocycles. The van der Waals surface area contributed by atoms with Crippen LogP contribution in [0.4, 0.5) is 11.4 Å². The molecule has 0 unspecified atom stereocenters. The van der Waals surface area contributed by atoms with Crippen molar-refractivity contribution in [2.75, 3.05) is 50.1 Å². The van der Waals surface area contributed by atoms with E-state index in [1.54, 1.807) is 13.3 Å². The van der Waals surface area contributed by atoms with Crippen LogP contribution in [0.2, 0.25) is 0 Å². The number of nitrogens with zero attached hydrogens (tertiary/aromatic N) is 4. The number of anilines is 2. The first-order chi connectivity index (χ1) is 17.9. The van der Waals surface area contributed by atoms with Gasteiger partial charge in [-0.25, -0.2) is 0 Å². The second-order valence-electron chi connectivity index (χ2n) is 9.21. The molecule has 0 spiro atoms. The Hall–Kier alpha value is -3.22. The summed E-state index contributed by atoms with van der Waals surface area (Å²) in [5.74, 6) is 0.215. The first-order valence-electron chi connectivity index (χ1n) is 12.5. The van der Waals surface area contributed by atoms with E-state index in [4.69, 9.17) is 9.72 Å². The van der Waals surface area contributed by atoms with Crippen LogP contribution in [0.15, 0.2) is 60.8 Å². The molecule has 1 aliphatic rings. The number of hydrogen-bond donors (Lipinski definition) is 1. The number of carbonyl (C=O) groups is 2. The van der Waals surface area contributed by atoms with Gasteiger partial charge in [-0.1, -0.05) is 0 Å². The maximum absolute atomic E-state index is 12.2. The summed E-state index contributed by atoms with van der Waals surface area (Å²) in [7, 11) is 1.58. The van der Waals surface area contributed by atoms with Crippen molar-refractivity contribution < 1.29 is 14.3 Å². The van der Waals surface area contributed by atoms with E-state index in [2.05, 4.69) is 39.5 Å². The number of amides is 2. The zero-order valence-electron chi connectivity index (χ0n) is 21.6. The van der Waals surface area contributed by atoms with E-state index in [-0.39, 0.29) is 33.5 Å². The number of hydrogen-bond acceptors (Lipinski definition) is 6. The van der Waals surface area contributed by atoms with Gasteiger partial charge in [0.15, 0.2) is 0 Å². The van der Waals surface area contributed by atoms with Crippen molar-refractivity contribution in [2.24, 2.45) is 5.92 Å². The van der Waals surface area contributed by atoms with E-state index in [9.17, 15) is 9.59 Å². The quantitative estimate of drug-likeness (QED) is 0.402. The van der Waals surface area contributed by atoms with Crippen molar-refractivity contribution in [1.29, 1.82) is 0 Å². The van der Waals surface area contributed by atoms with Crippen LogP contribution >= 0.6 is 0 Å². The molecule has 0 atom stereocenters. The summed E-state index contributed by atoms with van der Waals surface area (Å²) in [6.07, 6.45) is 2.13. The van der Waals surface area contributed by atoms with Gasteiger partial charge in [-0.3, -0.25) is 0 Å². The summed E-state index contributed by atoms with van der Waals surface area (Å²) in [6, 6.07) is 18.2. The number of aromatic nitrogens is 2. The zero-order chi connectivity index (χ0) is 26.2. The third-order valence-electron chi connectivity index (χ3n) is 6.17. The van der Waals surface area contributed by atoms with Gasteiger partial charge < -0.3 is 0 Å². The van der Waals surface area contributed by atoms with E-state index in [0.717, 1.165) is 47.7 Å². The summed E-state index contributed by atoms with van der Waals surface area (Å²) in [4.78, 5) is 37.7. The number of rotatable bonds is 9. The number of piperazine rings is 1. The summed E-state index contributed by atoms with van der Waals surface area (Å²) in [6.45, 7) is 7.56. The molecule has 193 valence electrons. The van der Waals surface area contributed by atoms with Crippen LogP contribution in [0, 0.1) is 5.92 Å². The molecule has 1 aromatic heterocycles. The number of methoxy groups -OCH3 is 1. The van der Waals surface area contributed by atoms with Crippen LogP contribution in [0.1, 0.15) is 20.3 Å². The van der Waals surface area contributed by atoms with Gasteiger partial charge in [0.1, 0.15) is 0 Å². The van der Waals surface area contributed by atoms with Crippen LogP contribution in [0.25, 0.3) is 11.3 Å². The average Bonchev–Trinajstić information content (AvgIpc) is 2.92. The molecule has 1 fully saturated rings. The molecular formula is C28H33AsN5O3. The Bertz CT molecular complexity index is 1190. The predicted molar refractivity (Wildman–Crippen MR) is 148 cm³/mol. The molecule has 1 radical (unpaired) electrons. The molecule has 8 nitrogen and oxygen atoms in total. The Kier molecular flexibility index (Phi) is 9.31. The summed E-state index contributed by atoms with van der Waals surface area (Å²) >= 11 is -0.351. The maximum atomic E-state index is 12.2. The van der Waals surface area contributed by atoms with E-state index in [0.29, 0.717) is 13.0 Å². The molecule has 2 amide bonds. The molecule has 3 aromatic rings. The van der Waals surface area contributed by atoms with Gasteiger partial charge in [-0.2, -0.15) is 0 Å². The summed E-state index contributed by atoms with van der Waals surface area (Å²) < 4.78 is 7.03. The normalized spacial score (nSPS) is 13.9. The fourth-order valence-electron chi connectivity index (χ4n) is 4.11. The van der Waals surface area contributed by atoms with Crippen molar-refractivity contribution in [3.63, 3.8) is 0 Å². The molecule has 1 N–H and O–H groups in total. The van der Waals surface area contributed by atoms with E-state index < -0.39 is 0 Å². The van der Waals surface area contributed by atoms with E-state index in [1.807, 2.05) is 49.1 Å². The van der Waals surface area contributed by atoms with Crippen LogP contribution < -0.4 is 19.2 Å². The third-order valence-corrected chi connectivity index (χ3v) is 8.21. The second kappa shape index (κ2) is 12.8.